The monoisotopic (exact) mass is 343 g/mol. The first kappa shape index (κ1) is 17.0. The van der Waals surface area contributed by atoms with Gasteiger partial charge in [0.25, 0.3) is 11.8 Å². The first-order valence-corrected chi connectivity index (χ1v) is 7.98. The fraction of sp³-hybridized carbons (Fsp3) is 0.278. The van der Waals surface area contributed by atoms with E-state index in [-0.39, 0.29) is 23.5 Å². The van der Waals surface area contributed by atoms with E-state index in [4.69, 9.17) is 10.5 Å². The number of aromatic nitrogens is 1. The molecule has 2 atom stereocenters. The van der Waals surface area contributed by atoms with Crippen molar-refractivity contribution in [3.8, 4) is 0 Å². The number of pyridine rings is 1. The lowest BCUT2D eigenvalue weighted by atomic mass is 9.99. The van der Waals surface area contributed by atoms with Crippen LogP contribution >= 0.6 is 0 Å². The smallest absolute Gasteiger partial charge is 0.267 e. The molecule has 2 amide bonds. The first-order valence-electron chi connectivity index (χ1n) is 7.98. The Balaban J connectivity index is 1.80. The molecule has 130 valence electrons. The van der Waals surface area contributed by atoms with Crippen molar-refractivity contribution in [2.75, 3.05) is 6.61 Å². The first-order chi connectivity index (χ1) is 12.0. The highest BCUT2D eigenvalue weighted by atomic mass is 19.1. The van der Waals surface area contributed by atoms with Gasteiger partial charge in [-0.1, -0.05) is 12.1 Å². The summed E-state index contributed by atoms with van der Waals surface area (Å²) < 4.78 is 18.9. The lowest BCUT2D eigenvalue weighted by Crippen LogP contribution is -2.36. The highest BCUT2D eigenvalue weighted by Crippen LogP contribution is 2.27. The topological polar surface area (TPSA) is 94.3 Å². The SMILES string of the molecule is NC(=O)c1ccc(C(=O)N[C@@H](c2ccc(F)cc2)[C@H]2CCCO2)cn1. The number of halogens is 1. The number of benzene rings is 1. The third-order valence-electron chi connectivity index (χ3n) is 4.13. The molecule has 0 aliphatic carbocycles. The number of hydrogen-bond donors (Lipinski definition) is 2. The van der Waals surface area contributed by atoms with Crippen molar-refractivity contribution in [1.82, 2.24) is 10.3 Å². The molecule has 7 heteroatoms. The zero-order valence-electron chi connectivity index (χ0n) is 13.4. The van der Waals surface area contributed by atoms with Crippen LogP contribution in [0.2, 0.25) is 0 Å². The van der Waals surface area contributed by atoms with Crippen molar-refractivity contribution in [3.05, 3.63) is 65.2 Å². The summed E-state index contributed by atoms with van der Waals surface area (Å²) >= 11 is 0. The second kappa shape index (κ2) is 7.40. The predicted octanol–water partition coefficient (Wildman–Crippen LogP) is 1.97. The van der Waals surface area contributed by atoms with Gasteiger partial charge in [0.2, 0.25) is 0 Å². The van der Waals surface area contributed by atoms with E-state index in [1.54, 1.807) is 12.1 Å². The minimum atomic E-state index is -0.657. The fourth-order valence-corrected chi connectivity index (χ4v) is 2.82. The van der Waals surface area contributed by atoms with Crippen LogP contribution in [-0.2, 0) is 4.74 Å². The molecule has 1 aliphatic heterocycles. The number of ether oxygens (including phenoxy) is 1. The van der Waals surface area contributed by atoms with E-state index < -0.39 is 11.9 Å². The van der Waals surface area contributed by atoms with Crippen LogP contribution < -0.4 is 11.1 Å². The quantitative estimate of drug-likeness (QED) is 0.868. The predicted molar refractivity (Wildman–Crippen MR) is 88.3 cm³/mol. The number of nitrogens with zero attached hydrogens (tertiary/aromatic N) is 1. The molecule has 3 rings (SSSR count). The van der Waals surface area contributed by atoms with Crippen LogP contribution in [0.5, 0.6) is 0 Å². The molecule has 1 saturated heterocycles. The second-order valence-electron chi connectivity index (χ2n) is 5.85. The van der Waals surface area contributed by atoms with Gasteiger partial charge in [0.1, 0.15) is 11.5 Å². The van der Waals surface area contributed by atoms with Gasteiger partial charge in [-0.3, -0.25) is 14.6 Å². The van der Waals surface area contributed by atoms with Gasteiger partial charge in [-0.15, -0.1) is 0 Å². The standard InChI is InChI=1S/C18H18FN3O3/c19-13-6-3-11(4-7-13)16(15-2-1-9-25-15)22-18(24)12-5-8-14(17(20)23)21-10-12/h3-8,10,15-16H,1-2,9H2,(H2,20,23)(H,22,24)/t15-,16+/m1/s1. The number of hydrogen-bond acceptors (Lipinski definition) is 4. The molecule has 1 fully saturated rings. The molecular formula is C18H18FN3O3. The van der Waals surface area contributed by atoms with Gasteiger partial charge < -0.3 is 15.8 Å². The van der Waals surface area contributed by atoms with Crippen molar-refractivity contribution < 1.29 is 18.7 Å². The summed E-state index contributed by atoms with van der Waals surface area (Å²) in [5.41, 5.74) is 6.30. The molecule has 0 unspecified atom stereocenters. The molecular weight excluding hydrogens is 325 g/mol. The summed E-state index contributed by atoms with van der Waals surface area (Å²) in [6, 6.07) is 8.47. The van der Waals surface area contributed by atoms with Gasteiger partial charge >= 0.3 is 0 Å². The van der Waals surface area contributed by atoms with Gasteiger partial charge in [-0.2, -0.15) is 0 Å². The summed E-state index contributed by atoms with van der Waals surface area (Å²) in [6.45, 7) is 0.632. The maximum absolute atomic E-state index is 13.2. The number of primary amides is 1. The molecule has 2 heterocycles. The minimum absolute atomic E-state index is 0.0887. The van der Waals surface area contributed by atoms with Crippen molar-refractivity contribution >= 4 is 11.8 Å². The highest BCUT2D eigenvalue weighted by molar-refractivity contribution is 5.96. The van der Waals surface area contributed by atoms with Gasteiger partial charge in [-0.05, 0) is 42.7 Å². The summed E-state index contributed by atoms with van der Waals surface area (Å²) in [7, 11) is 0. The number of amides is 2. The third kappa shape index (κ3) is 4.00. The van der Waals surface area contributed by atoms with E-state index in [0.717, 1.165) is 18.4 Å². The van der Waals surface area contributed by atoms with Crippen LogP contribution in [0.1, 0.15) is 45.3 Å². The molecule has 3 N–H and O–H groups in total. The Morgan fingerprint density at radius 3 is 2.56 bits per heavy atom. The van der Waals surface area contributed by atoms with E-state index in [0.29, 0.717) is 12.2 Å². The Morgan fingerprint density at radius 2 is 2.00 bits per heavy atom. The number of nitrogens with one attached hydrogen (secondary N) is 1. The Labute approximate surface area is 144 Å². The second-order valence-corrected chi connectivity index (χ2v) is 5.85. The molecule has 0 spiro atoms. The number of carbonyl (C=O) groups excluding carboxylic acids is 2. The Bertz CT molecular complexity index is 756. The Kier molecular flexibility index (Phi) is 5.04. The maximum Gasteiger partial charge on any atom is 0.267 e. The molecule has 1 aliphatic rings. The van der Waals surface area contributed by atoms with Crippen LogP contribution in [-0.4, -0.2) is 29.5 Å². The van der Waals surface area contributed by atoms with Crippen LogP contribution in [0.25, 0.3) is 0 Å². The van der Waals surface area contributed by atoms with Crippen molar-refractivity contribution in [3.63, 3.8) is 0 Å². The normalized spacial score (nSPS) is 17.9. The summed E-state index contributed by atoms with van der Waals surface area (Å²) in [4.78, 5) is 27.5. The molecule has 0 bridgehead atoms. The molecule has 1 aromatic carbocycles. The van der Waals surface area contributed by atoms with Crippen LogP contribution in [0.15, 0.2) is 42.6 Å². The van der Waals surface area contributed by atoms with Crippen LogP contribution in [0, 0.1) is 5.82 Å². The van der Waals surface area contributed by atoms with E-state index in [9.17, 15) is 14.0 Å². The van der Waals surface area contributed by atoms with E-state index in [2.05, 4.69) is 10.3 Å². The van der Waals surface area contributed by atoms with Gasteiger partial charge in [0.05, 0.1) is 17.7 Å². The summed E-state index contributed by atoms with van der Waals surface area (Å²) in [6.07, 6.45) is 2.84. The zero-order chi connectivity index (χ0) is 17.8. The summed E-state index contributed by atoms with van der Waals surface area (Å²) in [5, 5.41) is 2.92. The zero-order valence-corrected chi connectivity index (χ0v) is 13.4. The largest absolute Gasteiger partial charge is 0.376 e. The summed E-state index contributed by atoms with van der Waals surface area (Å²) in [5.74, 6) is -1.35. The molecule has 1 aromatic heterocycles. The van der Waals surface area contributed by atoms with Crippen LogP contribution in [0.4, 0.5) is 4.39 Å². The third-order valence-corrected chi connectivity index (χ3v) is 4.13. The number of carbonyl (C=O) groups is 2. The molecule has 6 nitrogen and oxygen atoms in total. The lowest BCUT2D eigenvalue weighted by Gasteiger charge is -2.24. The highest BCUT2D eigenvalue weighted by Gasteiger charge is 2.29. The van der Waals surface area contributed by atoms with Gasteiger partial charge in [0, 0.05) is 12.8 Å². The Morgan fingerprint density at radius 1 is 1.24 bits per heavy atom. The average Bonchev–Trinajstić information content (AvgIpc) is 3.15. The molecule has 2 aromatic rings. The van der Waals surface area contributed by atoms with Crippen molar-refractivity contribution in [2.45, 2.75) is 25.0 Å². The maximum atomic E-state index is 13.2. The van der Waals surface area contributed by atoms with Crippen molar-refractivity contribution in [2.24, 2.45) is 5.73 Å². The van der Waals surface area contributed by atoms with E-state index in [1.165, 1.54) is 30.5 Å². The average molecular weight is 343 g/mol. The fourth-order valence-electron chi connectivity index (χ4n) is 2.82. The van der Waals surface area contributed by atoms with Crippen LogP contribution in [0.3, 0.4) is 0 Å². The van der Waals surface area contributed by atoms with Crippen molar-refractivity contribution in [1.29, 1.82) is 0 Å². The van der Waals surface area contributed by atoms with Gasteiger partial charge in [-0.25, -0.2) is 4.39 Å². The molecule has 0 radical (unpaired) electrons. The molecule has 0 saturated carbocycles. The lowest BCUT2D eigenvalue weighted by molar-refractivity contribution is 0.0672. The minimum Gasteiger partial charge on any atom is -0.376 e. The Hall–Kier alpha value is -2.80. The van der Waals surface area contributed by atoms with E-state index in [1.807, 2.05) is 0 Å². The number of nitrogens with two attached hydrogens (primary N) is 1. The molecule has 25 heavy (non-hydrogen) atoms. The van der Waals surface area contributed by atoms with Gasteiger partial charge in [0.15, 0.2) is 0 Å². The number of rotatable bonds is 5. The van der Waals surface area contributed by atoms with E-state index >= 15 is 0 Å².